The minimum atomic E-state index is 0.00294. The lowest BCUT2D eigenvalue weighted by Crippen LogP contribution is -2.48. The fraction of sp³-hybridized carbons (Fsp3) is 0.261. The molecule has 1 saturated heterocycles. The lowest BCUT2D eigenvalue weighted by Gasteiger charge is -2.33. The molecule has 2 aromatic carbocycles. The maximum absolute atomic E-state index is 12.9. The summed E-state index contributed by atoms with van der Waals surface area (Å²) < 4.78 is 5.84. The highest BCUT2D eigenvalue weighted by Gasteiger charge is 2.26. The number of piperazine rings is 1. The van der Waals surface area contributed by atoms with Crippen LogP contribution < -0.4 is 0 Å². The molecule has 1 aliphatic heterocycles. The van der Waals surface area contributed by atoms with Gasteiger partial charge in [0.1, 0.15) is 5.58 Å². The van der Waals surface area contributed by atoms with E-state index in [-0.39, 0.29) is 5.91 Å². The molecule has 1 aromatic heterocycles. The Morgan fingerprint density at radius 3 is 2.44 bits per heavy atom. The summed E-state index contributed by atoms with van der Waals surface area (Å²) in [7, 11) is 0. The number of carbonyl (C=O) groups excluding carboxylic acids is 1. The Kier molecular flexibility index (Phi) is 5.07. The van der Waals surface area contributed by atoms with Crippen molar-refractivity contribution in [1.29, 1.82) is 0 Å². The molecule has 0 atom stereocenters. The van der Waals surface area contributed by atoms with Crippen molar-refractivity contribution in [3.8, 4) is 0 Å². The average molecular weight is 360 g/mol. The van der Waals surface area contributed by atoms with Gasteiger partial charge < -0.3 is 9.32 Å². The number of rotatable bonds is 4. The van der Waals surface area contributed by atoms with Crippen LogP contribution in [0.5, 0.6) is 0 Å². The second kappa shape index (κ2) is 7.80. The smallest absolute Gasteiger partial charge is 0.289 e. The van der Waals surface area contributed by atoms with E-state index in [2.05, 4.69) is 29.2 Å². The van der Waals surface area contributed by atoms with E-state index < -0.39 is 0 Å². The maximum Gasteiger partial charge on any atom is 0.289 e. The van der Waals surface area contributed by atoms with Gasteiger partial charge in [0, 0.05) is 43.7 Å². The van der Waals surface area contributed by atoms with Crippen LogP contribution in [0.1, 0.15) is 21.7 Å². The summed E-state index contributed by atoms with van der Waals surface area (Å²) in [4.78, 5) is 17.2. The Morgan fingerprint density at radius 2 is 1.70 bits per heavy atom. The van der Waals surface area contributed by atoms with Crippen molar-refractivity contribution in [3.63, 3.8) is 0 Å². The van der Waals surface area contributed by atoms with E-state index in [9.17, 15) is 4.79 Å². The molecule has 0 spiro atoms. The summed E-state index contributed by atoms with van der Waals surface area (Å²) in [6, 6.07) is 18.1. The molecular formula is C23H24N2O2. The van der Waals surface area contributed by atoms with Gasteiger partial charge in [0.15, 0.2) is 5.76 Å². The largest absolute Gasteiger partial charge is 0.451 e. The number of hydrogen-bond acceptors (Lipinski definition) is 3. The van der Waals surface area contributed by atoms with Crippen LogP contribution in [0.15, 0.2) is 65.1 Å². The first kappa shape index (κ1) is 17.6. The molecule has 2 heterocycles. The van der Waals surface area contributed by atoms with Crippen molar-refractivity contribution in [2.24, 2.45) is 0 Å². The van der Waals surface area contributed by atoms with Gasteiger partial charge >= 0.3 is 0 Å². The highest BCUT2D eigenvalue weighted by atomic mass is 16.3. The van der Waals surface area contributed by atoms with Crippen LogP contribution in [0.4, 0.5) is 0 Å². The number of para-hydroxylation sites is 1. The zero-order valence-electron chi connectivity index (χ0n) is 15.6. The Hall–Kier alpha value is -2.85. The van der Waals surface area contributed by atoms with E-state index in [0.717, 1.165) is 49.3 Å². The topological polar surface area (TPSA) is 36.7 Å². The first-order valence-electron chi connectivity index (χ1n) is 9.44. The predicted molar refractivity (Wildman–Crippen MR) is 109 cm³/mol. The fourth-order valence-corrected chi connectivity index (χ4v) is 3.56. The van der Waals surface area contributed by atoms with E-state index in [1.807, 2.05) is 54.3 Å². The quantitative estimate of drug-likeness (QED) is 0.699. The molecule has 0 bridgehead atoms. The standard InChI is InChI=1S/C23H24N2O2/c1-18-20-11-5-6-12-21(20)27-22(18)23(26)25-16-14-24(15-17-25)13-7-10-19-8-3-2-4-9-19/h2-12H,13-17H2,1H3/b10-7+. The lowest BCUT2D eigenvalue weighted by atomic mass is 10.1. The molecule has 138 valence electrons. The van der Waals surface area contributed by atoms with E-state index >= 15 is 0 Å². The SMILES string of the molecule is Cc1c(C(=O)N2CCN(C/C=C/c3ccccc3)CC2)oc2ccccc12. The summed E-state index contributed by atoms with van der Waals surface area (Å²) in [5.41, 5.74) is 2.93. The minimum absolute atomic E-state index is 0.00294. The average Bonchev–Trinajstić information content (AvgIpc) is 3.06. The van der Waals surface area contributed by atoms with Crippen LogP contribution in [-0.2, 0) is 0 Å². The zero-order valence-corrected chi connectivity index (χ0v) is 15.6. The van der Waals surface area contributed by atoms with Crippen molar-refractivity contribution in [2.75, 3.05) is 32.7 Å². The van der Waals surface area contributed by atoms with Crippen molar-refractivity contribution in [1.82, 2.24) is 9.80 Å². The molecule has 4 heteroatoms. The second-order valence-electron chi connectivity index (χ2n) is 6.96. The van der Waals surface area contributed by atoms with Gasteiger partial charge in [0.25, 0.3) is 5.91 Å². The van der Waals surface area contributed by atoms with E-state index in [1.54, 1.807) is 0 Å². The van der Waals surface area contributed by atoms with Crippen molar-refractivity contribution in [2.45, 2.75) is 6.92 Å². The number of amides is 1. The van der Waals surface area contributed by atoms with Crippen LogP contribution >= 0.6 is 0 Å². The molecule has 1 amide bonds. The molecular weight excluding hydrogens is 336 g/mol. The predicted octanol–water partition coefficient (Wildman–Crippen LogP) is 4.21. The number of nitrogens with zero attached hydrogens (tertiary/aromatic N) is 2. The van der Waals surface area contributed by atoms with Gasteiger partial charge in [-0.3, -0.25) is 9.69 Å². The number of carbonyl (C=O) groups is 1. The molecule has 0 N–H and O–H groups in total. The van der Waals surface area contributed by atoms with Crippen molar-refractivity contribution in [3.05, 3.63) is 77.6 Å². The number of benzene rings is 2. The van der Waals surface area contributed by atoms with E-state index in [0.29, 0.717) is 5.76 Å². The number of fused-ring (bicyclic) bond motifs is 1. The first-order chi connectivity index (χ1) is 13.2. The summed E-state index contributed by atoms with van der Waals surface area (Å²) in [5.74, 6) is 0.483. The molecule has 4 rings (SSSR count). The van der Waals surface area contributed by atoms with Gasteiger partial charge in [0.05, 0.1) is 0 Å². The number of furan rings is 1. The lowest BCUT2D eigenvalue weighted by molar-refractivity contribution is 0.0620. The van der Waals surface area contributed by atoms with Crippen LogP contribution in [0, 0.1) is 6.92 Å². The summed E-state index contributed by atoms with van der Waals surface area (Å²) >= 11 is 0. The highest BCUT2D eigenvalue weighted by Crippen LogP contribution is 2.26. The Balaban J connectivity index is 1.35. The number of aryl methyl sites for hydroxylation is 1. The van der Waals surface area contributed by atoms with Gasteiger partial charge in [0.2, 0.25) is 0 Å². The van der Waals surface area contributed by atoms with Crippen LogP contribution in [0.2, 0.25) is 0 Å². The Labute approximate surface area is 159 Å². The summed E-state index contributed by atoms with van der Waals surface area (Å²) in [5, 5.41) is 1.02. The Bertz CT molecular complexity index is 951. The molecule has 0 radical (unpaired) electrons. The first-order valence-corrected chi connectivity index (χ1v) is 9.44. The van der Waals surface area contributed by atoms with Gasteiger partial charge in [-0.15, -0.1) is 0 Å². The zero-order chi connectivity index (χ0) is 18.6. The van der Waals surface area contributed by atoms with Gasteiger partial charge in [-0.25, -0.2) is 0 Å². The molecule has 1 fully saturated rings. The third kappa shape index (κ3) is 3.81. The molecule has 0 unspecified atom stereocenters. The van der Waals surface area contributed by atoms with Gasteiger partial charge in [-0.2, -0.15) is 0 Å². The summed E-state index contributed by atoms with van der Waals surface area (Å²) in [6.07, 6.45) is 4.34. The van der Waals surface area contributed by atoms with Crippen LogP contribution in [-0.4, -0.2) is 48.4 Å². The molecule has 0 aliphatic carbocycles. The maximum atomic E-state index is 12.9. The minimum Gasteiger partial charge on any atom is -0.451 e. The van der Waals surface area contributed by atoms with Crippen molar-refractivity contribution >= 4 is 23.0 Å². The van der Waals surface area contributed by atoms with E-state index in [1.165, 1.54) is 5.56 Å². The highest BCUT2D eigenvalue weighted by molar-refractivity contribution is 5.98. The molecule has 1 aliphatic rings. The second-order valence-corrected chi connectivity index (χ2v) is 6.96. The fourth-order valence-electron chi connectivity index (χ4n) is 3.56. The summed E-state index contributed by atoms with van der Waals surface area (Å²) in [6.45, 7) is 6.08. The molecule has 4 nitrogen and oxygen atoms in total. The Morgan fingerprint density at radius 1 is 1.00 bits per heavy atom. The van der Waals surface area contributed by atoms with Gasteiger partial charge in [-0.05, 0) is 18.6 Å². The molecule has 3 aromatic rings. The third-order valence-electron chi connectivity index (χ3n) is 5.17. The molecule has 0 saturated carbocycles. The molecule has 27 heavy (non-hydrogen) atoms. The monoisotopic (exact) mass is 360 g/mol. The van der Waals surface area contributed by atoms with Crippen LogP contribution in [0.3, 0.4) is 0 Å². The van der Waals surface area contributed by atoms with E-state index in [4.69, 9.17) is 4.42 Å². The van der Waals surface area contributed by atoms with Gasteiger partial charge in [-0.1, -0.05) is 60.7 Å². The van der Waals surface area contributed by atoms with Crippen molar-refractivity contribution < 1.29 is 9.21 Å². The normalized spacial score (nSPS) is 15.7. The third-order valence-corrected chi connectivity index (χ3v) is 5.17. The van der Waals surface area contributed by atoms with Crippen LogP contribution in [0.25, 0.3) is 17.0 Å². The number of hydrogen-bond donors (Lipinski definition) is 0.